The summed E-state index contributed by atoms with van der Waals surface area (Å²) < 4.78 is 5.13. The van der Waals surface area contributed by atoms with Crippen molar-refractivity contribution >= 4 is 5.97 Å². The number of benzene rings is 1. The van der Waals surface area contributed by atoms with Crippen LogP contribution < -0.4 is 4.74 Å². The molecule has 1 aliphatic rings. The van der Waals surface area contributed by atoms with Gasteiger partial charge in [0.05, 0.1) is 7.11 Å². The standard InChI is InChI=1S/C16H21NO3/c1-4-13-10-17(15(11(13)2)16(18)19)9-12-5-7-14(20-3)8-6-12/h4-8,11,15H,9-10H2,1-3H3,(H,18,19)/b13-4+/t11-,15+/m0/s1. The van der Waals surface area contributed by atoms with Crippen molar-refractivity contribution in [2.75, 3.05) is 13.7 Å². The lowest BCUT2D eigenvalue weighted by Gasteiger charge is -2.22. The van der Waals surface area contributed by atoms with Gasteiger partial charge in [-0.1, -0.05) is 30.7 Å². The maximum absolute atomic E-state index is 11.5. The van der Waals surface area contributed by atoms with Gasteiger partial charge in [0.2, 0.25) is 0 Å². The molecule has 4 nitrogen and oxygen atoms in total. The van der Waals surface area contributed by atoms with E-state index in [-0.39, 0.29) is 5.92 Å². The molecule has 108 valence electrons. The molecule has 0 bridgehead atoms. The minimum Gasteiger partial charge on any atom is -0.497 e. The first-order valence-corrected chi connectivity index (χ1v) is 6.81. The Morgan fingerprint density at radius 3 is 2.60 bits per heavy atom. The summed E-state index contributed by atoms with van der Waals surface area (Å²) in [6.45, 7) is 5.33. The molecule has 0 aromatic heterocycles. The van der Waals surface area contributed by atoms with E-state index >= 15 is 0 Å². The molecular formula is C16H21NO3. The summed E-state index contributed by atoms with van der Waals surface area (Å²) in [5.74, 6) is 0.131. The molecule has 2 atom stereocenters. The largest absolute Gasteiger partial charge is 0.497 e. The van der Waals surface area contributed by atoms with Crippen LogP contribution >= 0.6 is 0 Å². The van der Waals surface area contributed by atoms with E-state index in [1.54, 1.807) is 7.11 Å². The number of aliphatic carboxylic acids is 1. The van der Waals surface area contributed by atoms with Gasteiger partial charge in [-0.05, 0) is 24.6 Å². The van der Waals surface area contributed by atoms with Gasteiger partial charge in [0.15, 0.2) is 0 Å². The molecule has 0 radical (unpaired) electrons. The Hall–Kier alpha value is -1.81. The van der Waals surface area contributed by atoms with E-state index in [2.05, 4.69) is 0 Å². The molecule has 1 aromatic rings. The van der Waals surface area contributed by atoms with E-state index in [4.69, 9.17) is 4.74 Å². The first-order chi connectivity index (χ1) is 9.56. The number of allylic oxidation sites excluding steroid dienone is 1. The summed E-state index contributed by atoms with van der Waals surface area (Å²) >= 11 is 0. The highest BCUT2D eigenvalue weighted by molar-refractivity contribution is 5.75. The van der Waals surface area contributed by atoms with Crippen LogP contribution in [0.2, 0.25) is 0 Å². The number of methoxy groups -OCH3 is 1. The average Bonchev–Trinajstić information content (AvgIpc) is 2.75. The van der Waals surface area contributed by atoms with Crippen molar-refractivity contribution in [1.29, 1.82) is 0 Å². The predicted molar refractivity (Wildman–Crippen MR) is 77.7 cm³/mol. The molecule has 1 saturated heterocycles. The Balaban J connectivity index is 2.16. The van der Waals surface area contributed by atoms with Crippen molar-refractivity contribution in [2.45, 2.75) is 26.4 Å². The molecule has 20 heavy (non-hydrogen) atoms. The number of rotatable bonds is 4. The van der Waals surface area contributed by atoms with Crippen LogP contribution in [0.3, 0.4) is 0 Å². The van der Waals surface area contributed by atoms with Gasteiger partial charge in [-0.25, -0.2) is 0 Å². The van der Waals surface area contributed by atoms with Crippen molar-refractivity contribution in [1.82, 2.24) is 4.90 Å². The van der Waals surface area contributed by atoms with Crippen molar-refractivity contribution in [3.8, 4) is 5.75 Å². The monoisotopic (exact) mass is 275 g/mol. The van der Waals surface area contributed by atoms with E-state index in [1.165, 1.54) is 5.57 Å². The Labute approximate surface area is 119 Å². The molecule has 2 rings (SSSR count). The molecular weight excluding hydrogens is 254 g/mol. The lowest BCUT2D eigenvalue weighted by atomic mass is 9.98. The SMILES string of the molecule is C/C=C1\CN(Cc2ccc(OC)cc2)[C@@H](C(=O)O)[C@H]1C. The first kappa shape index (κ1) is 14.6. The number of likely N-dealkylation sites (tertiary alicyclic amines) is 1. The third kappa shape index (κ3) is 2.85. The lowest BCUT2D eigenvalue weighted by Crippen LogP contribution is -2.38. The molecule has 0 spiro atoms. The summed E-state index contributed by atoms with van der Waals surface area (Å²) in [5, 5.41) is 9.44. The van der Waals surface area contributed by atoms with Gasteiger partial charge in [-0.15, -0.1) is 0 Å². The lowest BCUT2D eigenvalue weighted by molar-refractivity contribution is -0.143. The minimum absolute atomic E-state index is 0.0655. The second-order valence-corrected chi connectivity index (χ2v) is 5.19. The first-order valence-electron chi connectivity index (χ1n) is 6.81. The fourth-order valence-corrected chi connectivity index (χ4v) is 2.84. The molecule has 4 heteroatoms. The molecule has 1 aromatic carbocycles. The second kappa shape index (κ2) is 6.09. The summed E-state index contributed by atoms with van der Waals surface area (Å²) in [6.07, 6.45) is 2.04. The zero-order valence-corrected chi connectivity index (χ0v) is 12.2. The fourth-order valence-electron chi connectivity index (χ4n) is 2.84. The minimum atomic E-state index is -0.747. The second-order valence-electron chi connectivity index (χ2n) is 5.19. The number of carboxylic acid groups (broad SMARTS) is 1. The average molecular weight is 275 g/mol. The Morgan fingerprint density at radius 1 is 1.45 bits per heavy atom. The number of carboxylic acids is 1. The molecule has 0 saturated carbocycles. The number of hydrogen-bond donors (Lipinski definition) is 1. The van der Waals surface area contributed by atoms with E-state index in [9.17, 15) is 9.90 Å². The molecule has 1 aliphatic heterocycles. The molecule has 0 amide bonds. The van der Waals surface area contributed by atoms with Gasteiger partial charge in [-0.2, -0.15) is 0 Å². The summed E-state index contributed by atoms with van der Waals surface area (Å²) in [6, 6.07) is 7.33. The van der Waals surface area contributed by atoms with Gasteiger partial charge < -0.3 is 9.84 Å². The van der Waals surface area contributed by atoms with Crippen molar-refractivity contribution in [3.05, 3.63) is 41.5 Å². The number of nitrogens with zero attached hydrogens (tertiary/aromatic N) is 1. The zero-order valence-electron chi connectivity index (χ0n) is 12.2. The van der Waals surface area contributed by atoms with E-state index in [1.807, 2.05) is 49.1 Å². The topological polar surface area (TPSA) is 49.8 Å². The maximum Gasteiger partial charge on any atom is 0.321 e. The summed E-state index contributed by atoms with van der Waals surface area (Å²) in [4.78, 5) is 13.5. The third-order valence-electron chi connectivity index (χ3n) is 4.01. The fraction of sp³-hybridized carbons (Fsp3) is 0.438. The molecule has 1 N–H and O–H groups in total. The Bertz CT molecular complexity index is 507. The van der Waals surface area contributed by atoms with Crippen LogP contribution in [0.25, 0.3) is 0 Å². The highest BCUT2D eigenvalue weighted by Crippen LogP contribution is 2.30. The quantitative estimate of drug-likeness (QED) is 0.858. The van der Waals surface area contributed by atoms with Crippen LogP contribution in [0.15, 0.2) is 35.9 Å². The number of ether oxygens (including phenoxy) is 1. The van der Waals surface area contributed by atoms with Gasteiger partial charge in [-0.3, -0.25) is 9.69 Å². The van der Waals surface area contributed by atoms with Crippen LogP contribution in [-0.4, -0.2) is 35.7 Å². The summed E-state index contributed by atoms with van der Waals surface area (Å²) in [5.41, 5.74) is 2.30. The maximum atomic E-state index is 11.5. The highest BCUT2D eigenvalue weighted by Gasteiger charge is 2.39. The van der Waals surface area contributed by atoms with E-state index in [0.717, 1.165) is 17.9 Å². The predicted octanol–water partition coefficient (Wildman–Crippen LogP) is 2.55. The molecule has 0 aliphatic carbocycles. The molecule has 0 unspecified atom stereocenters. The van der Waals surface area contributed by atoms with E-state index < -0.39 is 12.0 Å². The van der Waals surface area contributed by atoms with Crippen molar-refractivity contribution in [2.24, 2.45) is 5.92 Å². The van der Waals surface area contributed by atoms with Crippen LogP contribution in [-0.2, 0) is 11.3 Å². The highest BCUT2D eigenvalue weighted by atomic mass is 16.5. The van der Waals surface area contributed by atoms with Crippen molar-refractivity contribution in [3.63, 3.8) is 0 Å². The smallest absolute Gasteiger partial charge is 0.321 e. The van der Waals surface area contributed by atoms with Gasteiger partial charge in [0.25, 0.3) is 0 Å². The Morgan fingerprint density at radius 2 is 2.10 bits per heavy atom. The third-order valence-corrected chi connectivity index (χ3v) is 4.01. The number of hydrogen-bond acceptors (Lipinski definition) is 3. The van der Waals surface area contributed by atoms with Crippen LogP contribution in [0, 0.1) is 5.92 Å². The zero-order chi connectivity index (χ0) is 14.7. The van der Waals surface area contributed by atoms with Crippen LogP contribution in [0.1, 0.15) is 19.4 Å². The molecule has 1 heterocycles. The van der Waals surface area contributed by atoms with Crippen LogP contribution in [0.4, 0.5) is 0 Å². The summed E-state index contributed by atoms with van der Waals surface area (Å²) in [7, 11) is 1.63. The van der Waals surface area contributed by atoms with E-state index in [0.29, 0.717) is 6.54 Å². The van der Waals surface area contributed by atoms with Gasteiger partial charge in [0.1, 0.15) is 11.8 Å². The van der Waals surface area contributed by atoms with Gasteiger partial charge in [0, 0.05) is 19.0 Å². The van der Waals surface area contributed by atoms with Gasteiger partial charge >= 0.3 is 5.97 Å². The van der Waals surface area contributed by atoms with Crippen molar-refractivity contribution < 1.29 is 14.6 Å². The number of carbonyl (C=O) groups is 1. The Kier molecular flexibility index (Phi) is 4.45. The van der Waals surface area contributed by atoms with Crippen LogP contribution in [0.5, 0.6) is 5.75 Å². The molecule has 1 fully saturated rings. The normalized spacial score (nSPS) is 25.1.